The van der Waals surface area contributed by atoms with Crippen molar-refractivity contribution in [1.82, 2.24) is 9.97 Å². The molecule has 2 aromatic heterocycles. The fourth-order valence-electron chi connectivity index (χ4n) is 2.32. The van der Waals surface area contributed by atoms with Gasteiger partial charge in [-0.3, -0.25) is 9.78 Å². The lowest BCUT2D eigenvalue weighted by molar-refractivity contribution is -0.114. The average Bonchev–Trinajstić information content (AvgIpc) is 2.58. The lowest BCUT2D eigenvalue weighted by atomic mass is 10.0. The molecule has 1 N–H and O–H groups in total. The third-order valence-electron chi connectivity index (χ3n) is 3.38. The summed E-state index contributed by atoms with van der Waals surface area (Å²) in [4.78, 5) is 19.7. The van der Waals surface area contributed by atoms with E-state index in [0.717, 1.165) is 11.1 Å². The Labute approximate surface area is 143 Å². The number of nitrogens with one attached hydrogen (secondary N) is 1. The monoisotopic (exact) mass is 341 g/mol. The number of carbonyl (C=O) groups excluding carboxylic acids is 1. The normalized spacial score (nSPS) is 10.5. The number of hydrogen-bond acceptors (Lipinski definition) is 3. The van der Waals surface area contributed by atoms with Crippen molar-refractivity contribution in [2.24, 2.45) is 0 Å². The Morgan fingerprint density at radius 3 is 2.58 bits per heavy atom. The largest absolute Gasteiger partial charge is 0.311 e. The molecule has 4 nitrogen and oxygen atoms in total. The molecule has 0 aliphatic heterocycles. The highest BCUT2D eigenvalue weighted by Crippen LogP contribution is 2.32. The SMILES string of the molecule is CC(=O)Nc1ccc(-c2cccnc2-c2ccc(F)c(Cl)c2)cn1. The molecule has 3 rings (SSSR count). The van der Waals surface area contributed by atoms with Crippen LogP contribution in [0, 0.1) is 5.82 Å². The second-order valence-corrected chi connectivity index (χ2v) is 5.55. The van der Waals surface area contributed by atoms with Gasteiger partial charge in [0.15, 0.2) is 0 Å². The Bertz CT molecular complexity index is 897. The third kappa shape index (κ3) is 3.41. The maximum absolute atomic E-state index is 13.4. The first-order valence-corrected chi connectivity index (χ1v) is 7.57. The Balaban J connectivity index is 2.03. The summed E-state index contributed by atoms with van der Waals surface area (Å²) in [6.07, 6.45) is 3.31. The van der Waals surface area contributed by atoms with Crippen LogP contribution < -0.4 is 5.32 Å². The van der Waals surface area contributed by atoms with Gasteiger partial charge in [-0.25, -0.2) is 9.37 Å². The summed E-state index contributed by atoms with van der Waals surface area (Å²) in [5, 5.41) is 2.66. The van der Waals surface area contributed by atoms with Crippen molar-refractivity contribution in [3.63, 3.8) is 0 Å². The van der Waals surface area contributed by atoms with Crippen molar-refractivity contribution in [3.05, 3.63) is 65.7 Å². The van der Waals surface area contributed by atoms with Crippen LogP contribution in [0.2, 0.25) is 5.02 Å². The minimum Gasteiger partial charge on any atom is -0.311 e. The first-order chi connectivity index (χ1) is 11.5. The highest BCUT2D eigenvalue weighted by Gasteiger charge is 2.11. The number of carbonyl (C=O) groups is 1. The first kappa shape index (κ1) is 16.1. The van der Waals surface area contributed by atoms with Gasteiger partial charge in [-0.2, -0.15) is 0 Å². The molecule has 0 fully saturated rings. The first-order valence-electron chi connectivity index (χ1n) is 7.19. The zero-order valence-corrected chi connectivity index (χ0v) is 13.5. The Hall–Kier alpha value is -2.79. The second kappa shape index (κ2) is 6.76. The number of aromatic nitrogens is 2. The predicted octanol–water partition coefficient (Wildman–Crippen LogP) is 4.56. The van der Waals surface area contributed by atoms with E-state index in [1.54, 1.807) is 30.6 Å². The number of rotatable bonds is 3. The van der Waals surface area contributed by atoms with E-state index in [1.807, 2.05) is 18.2 Å². The summed E-state index contributed by atoms with van der Waals surface area (Å²) in [5.74, 6) is -0.181. The quantitative estimate of drug-likeness (QED) is 0.759. The van der Waals surface area contributed by atoms with E-state index in [1.165, 1.54) is 13.0 Å². The van der Waals surface area contributed by atoms with Gasteiger partial charge in [0, 0.05) is 36.0 Å². The number of halogens is 2. The van der Waals surface area contributed by atoms with E-state index in [9.17, 15) is 9.18 Å². The van der Waals surface area contributed by atoms with Crippen LogP contribution in [0.3, 0.4) is 0 Å². The Morgan fingerprint density at radius 2 is 1.92 bits per heavy atom. The number of hydrogen-bond donors (Lipinski definition) is 1. The van der Waals surface area contributed by atoms with Gasteiger partial charge in [0.2, 0.25) is 5.91 Å². The molecule has 0 aliphatic carbocycles. The zero-order chi connectivity index (χ0) is 17.1. The maximum Gasteiger partial charge on any atom is 0.222 e. The molecule has 0 saturated carbocycles. The van der Waals surface area contributed by atoms with Gasteiger partial charge in [-0.1, -0.05) is 17.7 Å². The van der Waals surface area contributed by atoms with E-state index in [0.29, 0.717) is 17.1 Å². The molecule has 0 atom stereocenters. The van der Waals surface area contributed by atoms with Gasteiger partial charge < -0.3 is 5.32 Å². The molecule has 0 aliphatic rings. The molecule has 0 radical (unpaired) electrons. The van der Waals surface area contributed by atoms with Gasteiger partial charge in [0.05, 0.1) is 10.7 Å². The lowest BCUT2D eigenvalue weighted by Crippen LogP contribution is -2.06. The number of nitrogens with zero attached hydrogens (tertiary/aromatic N) is 2. The fraction of sp³-hybridized carbons (Fsp3) is 0.0556. The van der Waals surface area contributed by atoms with Crippen molar-refractivity contribution in [1.29, 1.82) is 0 Å². The number of anilines is 1. The zero-order valence-electron chi connectivity index (χ0n) is 12.8. The summed E-state index contributed by atoms with van der Waals surface area (Å²) in [6.45, 7) is 1.42. The van der Waals surface area contributed by atoms with Crippen molar-refractivity contribution < 1.29 is 9.18 Å². The van der Waals surface area contributed by atoms with Gasteiger partial charge >= 0.3 is 0 Å². The van der Waals surface area contributed by atoms with Crippen LogP contribution in [0.4, 0.5) is 10.2 Å². The standard InChI is InChI=1S/C18H13ClFN3O/c1-11(24)23-17-7-5-13(10-22-17)14-3-2-8-21-18(14)12-4-6-16(20)15(19)9-12/h2-10H,1H3,(H,22,23,24). The smallest absolute Gasteiger partial charge is 0.222 e. The van der Waals surface area contributed by atoms with Crippen LogP contribution in [-0.4, -0.2) is 15.9 Å². The second-order valence-electron chi connectivity index (χ2n) is 5.14. The molecule has 1 amide bonds. The highest BCUT2D eigenvalue weighted by atomic mass is 35.5. The Kier molecular flexibility index (Phi) is 4.53. The summed E-state index contributed by atoms with van der Waals surface area (Å²) < 4.78 is 13.4. The molecule has 6 heteroatoms. The molecule has 1 aromatic carbocycles. The van der Waals surface area contributed by atoms with E-state index >= 15 is 0 Å². The van der Waals surface area contributed by atoms with E-state index in [4.69, 9.17) is 11.6 Å². The van der Waals surface area contributed by atoms with Crippen LogP contribution in [0.25, 0.3) is 22.4 Å². The van der Waals surface area contributed by atoms with Gasteiger partial charge in [-0.15, -0.1) is 0 Å². The number of benzene rings is 1. The fourth-order valence-corrected chi connectivity index (χ4v) is 2.50. The van der Waals surface area contributed by atoms with Crippen LogP contribution in [0.15, 0.2) is 54.9 Å². The molecule has 120 valence electrons. The van der Waals surface area contributed by atoms with Gasteiger partial charge in [0.25, 0.3) is 0 Å². The topological polar surface area (TPSA) is 54.9 Å². The summed E-state index contributed by atoms with van der Waals surface area (Å²) in [7, 11) is 0. The maximum atomic E-state index is 13.4. The molecule has 0 unspecified atom stereocenters. The summed E-state index contributed by atoms with van der Waals surface area (Å²) >= 11 is 5.88. The van der Waals surface area contributed by atoms with Crippen molar-refractivity contribution in [2.75, 3.05) is 5.32 Å². The van der Waals surface area contributed by atoms with E-state index in [2.05, 4.69) is 15.3 Å². The minimum atomic E-state index is -0.473. The molecule has 24 heavy (non-hydrogen) atoms. The molecule has 0 bridgehead atoms. The third-order valence-corrected chi connectivity index (χ3v) is 3.67. The van der Waals surface area contributed by atoms with E-state index in [-0.39, 0.29) is 10.9 Å². The molecule has 2 heterocycles. The van der Waals surface area contributed by atoms with Crippen LogP contribution in [0.5, 0.6) is 0 Å². The molecule has 3 aromatic rings. The van der Waals surface area contributed by atoms with Gasteiger partial charge in [-0.05, 0) is 36.4 Å². The van der Waals surface area contributed by atoms with Crippen LogP contribution in [0.1, 0.15) is 6.92 Å². The lowest BCUT2D eigenvalue weighted by Gasteiger charge is -2.10. The van der Waals surface area contributed by atoms with Crippen molar-refractivity contribution in [2.45, 2.75) is 6.92 Å². The average molecular weight is 342 g/mol. The molecule has 0 saturated heterocycles. The van der Waals surface area contributed by atoms with Crippen molar-refractivity contribution in [3.8, 4) is 22.4 Å². The highest BCUT2D eigenvalue weighted by molar-refractivity contribution is 6.31. The van der Waals surface area contributed by atoms with E-state index < -0.39 is 5.82 Å². The summed E-state index contributed by atoms with van der Waals surface area (Å²) in [6, 6.07) is 11.7. The molecule has 0 spiro atoms. The summed E-state index contributed by atoms with van der Waals surface area (Å²) in [5.41, 5.74) is 3.05. The van der Waals surface area contributed by atoms with Crippen LogP contribution >= 0.6 is 11.6 Å². The van der Waals surface area contributed by atoms with Crippen LogP contribution in [-0.2, 0) is 4.79 Å². The number of pyridine rings is 2. The van der Waals surface area contributed by atoms with Crippen molar-refractivity contribution >= 4 is 23.3 Å². The predicted molar refractivity (Wildman–Crippen MR) is 92.2 cm³/mol. The van der Waals surface area contributed by atoms with Gasteiger partial charge in [0.1, 0.15) is 11.6 Å². The number of amides is 1. The molecular formula is C18H13ClFN3O. The minimum absolute atomic E-state index is 0.0447. The Morgan fingerprint density at radius 1 is 1.12 bits per heavy atom. The molecular weight excluding hydrogens is 329 g/mol.